The van der Waals surface area contributed by atoms with Crippen LogP contribution in [0.1, 0.15) is 34.6 Å². The number of morpholine rings is 1. The van der Waals surface area contributed by atoms with E-state index in [0.29, 0.717) is 13.1 Å². The average molecular weight is 224 g/mol. The number of carbonyl (C=O) groups excluding carboxylic acids is 1. The van der Waals surface area contributed by atoms with Crippen molar-refractivity contribution < 1.29 is 9.53 Å². The minimum absolute atomic E-state index is 0.0159. The molecule has 1 saturated heterocycles. The molecule has 4 nitrogen and oxygen atoms in total. The molecule has 1 amide bonds. The molecule has 1 heterocycles. The molecule has 0 aromatic rings. The van der Waals surface area contributed by atoms with E-state index in [4.69, 9.17) is 10.00 Å². The van der Waals surface area contributed by atoms with Crippen molar-refractivity contribution in [3.8, 4) is 6.07 Å². The molecule has 16 heavy (non-hydrogen) atoms. The van der Waals surface area contributed by atoms with Crippen LogP contribution >= 0.6 is 0 Å². The molecule has 1 unspecified atom stereocenters. The van der Waals surface area contributed by atoms with Gasteiger partial charge in [0.15, 0.2) is 0 Å². The minimum Gasteiger partial charge on any atom is -0.369 e. The Kier molecular flexibility index (Phi) is 3.30. The van der Waals surface area contributed by atoms with Crippen LogP contribution in [0.4, 0.5) is 0 Å². The molecule has 1 atom stereocenters. The summed E-state index contributed by atoms with van der Waals surface area (Å²) < 4.78 is 5.72. The highest BCUT2D eigenvalue weighted by atomic mass is 16.5. The molecule has 0 N–H and O–H groups in total. The van der Waals surface area contributed by atoms with Crippen molar-refractivity contribution in [2.24, 2.45) is 5.41 Å². The van der Waals surface area contributed by atoms with Crippen LogP contribution in [0.5, 0.6) is 0 Å². The number of ether oxygens (including phenoxy) is 1. The van der Waals surface area contributed by atoms with Crippen LogP contribution in [0.15, 0.2) is 0 Å². The Bertz CT molecular complexity index is 328. The van der Waals surface area contributed by atoms with Gasteiger partial charge in [-0.05, 0) is 34.6 Å². The summed E-state index contributed by atoms with van der Waals surface area (Å²) in [5.74, 6) is -0.113. The van der Waals surface area contributed by atoms with Crippen molar-refractivity contribution >= 4 is 5.91 Å². The zero-order valence-corrected chi connectivity index (χ0v) is 10.7. The number of nitrogens with zero attached hydrogens (tertiary/aromatic N) is 2. The first-order valence-electron chi connectivity index (χ1n) is 5.56. The Labute approximate surface area is 97.2 Å². The van der Waals surface area contributed by atoms with Crippen LogP contribution in [-0.4, -0.2) is 35.6 Å². The standard InChI is InChI=1S/C12H20N2O2/c1-9-6-14(8-12(4,5)16-9)10(15)11(2,3)7-13/h9H,6,8H2,1-5H3. The molecule has 0 aromatic carbocycles. The van der Waals surface area contributed by atoms with Crippen LogP contribution in [-0.2, 0) is 9.53 Å². The van der Waals surface area contributed by atoms with Gasteiger partial charge < -0.3 is 9.64 Å². The molecule has 0 saturated carbocycles. The highest BCUT2D eigenvalue weighted by Crippen LogP contribution is 2.25. The fourth-order valence-electron chi connectivity index (χ4n) is 2.05. The number of nitriles is 1. The second-order valence-corrected chi connectivity index (χ2v) is 5.61. The van der Waals surface area contributed by atoms with Gasteiger partial charge in [0.1, 0.15) is 5.41 Å². The fourth-order valence-corrected chi connectivity index (χ4v) is 2.05. The average Bonchev–Trinajstić information content (AvgIpc) is 2.13. The minimum atomic E-state index is -0.951. The quantitative estimate of drug-likeness (QED) is 0.679. The van der Waals surface area contributed by atoms with Gasteiger partial charge in [-0.25, -0.2) is 0 Å². The molecule has 0 spiro atoms. The highest BCUT2D eigenvalue weighted by molar-refractivity contribution is 5.84. The third-order valence-electron chi connectivity index (χ3n) is 2.67. The van der Waals surface area contributed by atoms with Gasteiger partial charge in [-0.1, -0.05) is 0 Å². The number of hydrogen-bond acceptors (Lipinski definition) is 3. The Morgan fingerprint density at radius 3 is 2.56 bits per heavy atom. The molecular weight excluding hydrogens is 204 g/mol. The summed E-state index contributed by atoms with van der Waals surface area (Å²) in [4.78, 5) is 13.9. The van der Waals surface area contributed by atoms with E-state index >= 15 is 0 Å². The maximum atomic E-state index is 12.1. The van der Waals surface area contributed by atoms with Crippen LogP contribution < -0.4 is 0 Å². The molecule has 90 valence electrons. The number of carbonyl (C=O) groups is 1. The van der Waals surface area contributed by atoms with Gasteiger partial charge in [-0.3, -0.25) is 4.79 Å². The topological polar surface area (TPSA) is 53.3 Å². The molecular formula is C12H20N2O2. The van der Waals surface area contributed by atoms with Crippen LogP contribution in [0.25, 0.3) is 0 Å². The van der Waals surface area contributed by atoms with Crippen molar-refractivity contribution in [3.63, 3.8) is 0 Å². The van der Waals surface area contributed by atoms with E-state index in [2.05, 4.69) is 0 Å². The largest absolute Gasteiger partial charge is 0.369 e. The monoisotopic (exact) mass is 224 g/mol. The van der Waals surface area contributed by atoms with Gasteiger partial charge in [-0.2, -0.15) is 5.26 Å². The lowest BCUT2D eigenvalue weighted by Gasteiger charge is -2.43. The Hall–Kier alpha value is -1.08. The summed E-state index contributed by atoms with van der Waals surface area (Å²) >= 11 is 0. The summed E-state index contributed by atoms with van der Waals surface area (Å²) in [6.45, 7) is 10.3. The van der Waals surface area contributed by atoms with E-state index in [1.165, 1.54) is 0 Å². The van der Waals surface area contributed by atoms with Gasteiger partial charge in [-0.15, -0.1) is 0 Å². The summed E-state index contributed by atoms with van der Waals surface area (Å²) in [7, 11) is 0. The van der Waals surface area contributed by atoms with E-state index in [0.717, 1.165) is 0 Å². The van der Waals surface area contributed by atoms with Crippen molar-refractivity contribution in [3.05, 3.63) is 0 Å². The van der Waals surface area contributed by atoms with E-state index < -0.39 is 5.41 Å². The third kappa shape index (κ3) is 2.73. The Morgan fingerprint density at radius 2 is 2.12 bits per heavy atom. The van der Waals surface area contributed by atoms with E-state index in [-0.39, 0.29) is 17.6 Å². The molecule has 0 aliphatic carbocycles. The summed E-state index contributed by atoms with van der Waals surface area (Å²) in [6.07, 6.45) is 0.0159. The maximum Gasteiger partial charge on any atom is 0.242 e. The van der Waals surface area contributed by atoms with Crippen molar-refractivity contribution in [2.45, 2.75) is 46.3 Å². The Morgan fingerprint density at radius 1 is 1.56 bits per heavy atom. The first kappa shape index (κ1) is 13.0. The molecule has 0 aromatic heterocycles. The van der Waals surface area contributed by atoms with Gasteiger partial charge in [0.2, 0.25) is 5.91 Å². The van der Waals surface area contributed by atoms with E-state index in [1.807, 2.05) is 26.8 Å². The fraction of sp³-hybridized carbons (Fsp3) is 0.833. The second kappa shape index (κ2) is 4.06. The van der Waals surface area contributed by atoms with E-state index in [9.17, 15) is 4.79 Å². The van der Waals surface area contributed by atoms with Gasteiger partial charge in [0, 0.05) is 13.1 Å². The van der Waals surface area contributed by atoms with Crippen LogP contribution in [0.2, 0.25) is 0 Å². The summed E-state index contributed by atoms with van der Waals surface area (Å²) in [6, 6.07) is 2.05. The number of hydrogen-bond donors (Lipinski definition) is 0. The Balaban J connectivity index is 2.82. The lowest BCUT2D eigenvalue weighted by Crippen LogP contribution is -2.56. The molecule has 1 aliphatic rings. The van der Waals surface area contributed by atoms with E-state index in [1.54, 1.807) is 18.7 Å². The zero-order chi connectivity index (χ0) is 12.6. The lowest BCUT2D eigenvalue weighted by molar-refractivity contribution is -0.163. The molecule has 1 rings (SSSR count). The van der Waals surface area contributed by atoms with Crippen LogP contribution in [0, 0.1) is 16.7 Å². The van der Waals surface area contributed by atoms with Crippen molar-refractivity contribution in [1.29, 1.82) is 5.26 Å². The summed E-state index contributed by atoms with van der Waals surface area (Å²) in [5.41, 5.74) is -1.29. The maximum absolute atomic E-state index is 12.1. The van der Waals surface area contributed by atoms with Crippen molar-refractivity contribution in [2.75, 3.05) is 13.1 Å². The molecule has 0 bridgehead atoms. The second-order valence-electron chi connectivity index (χ2n) is 5.61. The molecule has 1 aliphatic heterocycles. The van der Waals surface area contributed by atoms with Crippen molar-refractivity contribution in [1.82, 2.24) is 4.90 Å². The zero-order valence-electron chi connectivity index (χ0n) is 10.7. The van der Waals surface area contributed by atoms with Gasteiger partial charge >= 0.3 is 0 Å². The van der Waals surface area contributed by atoms with Gasteiger partial charge in [0.05, 0.1) is 17.8 Å². The predicted molar refractivity (Wildman–Crippen MR) is 60.6 cm³/mol. The normalized spacial score (nSPS) is 25.0. The van der Waals surface area contributed by atoms with Crippen LogP contribution in [0.3, 0.4) is 0 Å². The number of amides is 1. The molecule has 1 fully saturated rings. The highest BCUT2D eigenvalue weighted by Gasteiger charge is 2.39. The van der Waals surface area contributed by atoms with Gasteiger partial charge in [0.25, 0.3) is 0 Å². The SMILES string of the molecule is CC1CN(C(=O)C(C)(C)C#N)CC(C)(C)O1. The number of rotatable bonds is 1. The predicted octanol–water partition coefficient (Wildman–Crippen LogP) is 1.56. The summed E-state index contributed by atoms with van der Waals surface area (Å²) in [5, 5.41) is 8.96. The molecule has 4 heteroatoms. The third-order valence-corrected chi connectivity index (χ3v) is 2.67. The lowest BCUT2D eigenvalue weighted by atomic mass is 9.92. The first-order chi connectivity index (χ1) is 7.18. The molecule has 0 radical (unpaired) electrons. The first-order valence-corrected chi connectivity index (χ1v) is 5.56. The smallest absolute Gasteiger partial charge is 0.242 e.